The predicted octanol–water partition coefficient (Wildman–Crippen LogP) is 1.45. The number of hydrogen-bond donors (Lipinski definition) is 2. The third-order valence-electron chi connectivity index (χ3n) is 4.48. The Kier molecular flexibility index (Phi) is 2.97. The van der Waals surface area contributed by atoms with E-state index < -0.39 is 28.0 Å². The molecule has 0 fully saturated rings. The SMILES string of the molecule is CN1/C(=C/c2c(O)c(=O)c2=O)C(C)(C)c2cc(C(=O)O)ccc21. The monoisotopic (exact) mass is 313 g/mol. The first kappa shape index (κ1) is 15.0. The van der Waals surface area contributed by atoms with E-state index in [9.17, 15) is 19.5 Å². The molecule has 0 spiro atoms. The van der Waals surface area contributed by atoms with Crippen molar-refractivity contribution >= 4 is 17.7 Å². The molecule has 6 nitrogen and oxygen atoms in total. The summed E-state index contributed by atoms with van der Waals surface area (Å²) in [5.74, 6) is -1.53. The molecule has 0 bridgehead atoms. The van der Waals surface area contributed by atoms with Crippen LogP contribution in [-0.2, 0) is 5.41 Å². The number of likely N-dealkylation sites (N-methyl/N-ethyl adjacent to an activating group) is 1. The van der Waals surface area contributed by atoms with E-state index in [0.29, 0.717) is 5.70 Å². The molecule has 0 unspecified atom stereocenters. The van der Waals surface area contributed by atoms with Crippen LogP contribution in [0.25, 0.3) is 6.08 Å². The maximum atomic E-state index is 11.6. The Balaban J connectivity index is 2.17. The molecule has 1 aliphatic rings. The lowest BCUT2D eigenvalue weighted by atomic mass is 9.82. The van der Waals surface area contributed by atoms with Crippen molar-refractivity contribution in [2.24, 2.45) is 0 Å². The molecule has 0 atom stereocenters. The van der Waals surface area contributed by atoms with Crippen LogP contribution in [0.3, 0.4) is 0 Å². The van der Waals surface area contributed by atoms with Gasteiger partial charge in [0.05, 0.1) is 11.1 Å². The van der Waals surface area contributed by atoms with Gasteiger partial charge < -0.3 is 15.1 Å². The standard InChI is InChI=1S/C17H15NO5/c1-17(2)10-6-8(16(22)23)4-5-11(10)18(3)12(17)7-9-13(19)15(21)14(9)20/h4-7,19H,1-3H3,(H,22,23)/b12-7+. The van der Waals surface area contributed by atoms with E-state index in [1.165, 1.54) is 12.1 Å². The zero-order chi connectivity index (χ0) is 17.1. The average molecular weight is 313 g/mol. The number of carboxylic acids is 1. The molecular weight excluding hydrogens is 298 g/mol. The molecule has 118 valence electrons. The van der Waals surface area contributed by atoms with Crippen molar-refractivity contribution in [3.63, 3.8) is 0 Å². The van der Waals surface area contributed by atoms with Crippen LogP contribution < -0.4 is 15.8 Å². The summed E-state index contributed by atoms with van der Waals surface area (Å²) < 4.78 is 0. The summed E-state index contributed by atoms with van der Waals surface area (Å²) in [7, 11) is 1.79. The van der Waals surface area contributed by atoms with Gasteiger partial charge in [-0.1, -0.05) is 13.8 Å². The predicted molar refractivity (Wildman–Crippen MR) is 85.8 cm³/mol. The van der Waals surface area contributed by atoms with Gasteiger partial charge in [-0.25, -0.2) is 4.79 Å². The number of aromatic carboxylic acids is 1. The topological polar surface area (TPSA) is 94.9 Å². The van der Waals surface area contributed by atoms with E-state index in [1.54, 1.807) is 19.2 Å². The van der Waals surface area contributed by atoms with Crippen molar-refractivity contribution in [2.45, 2.75) is 19.3 Å². The van der Waals surface area contributed by atoms with Gasteiger partial charge in [0, 0.05) is 23.8 Å². The molecule has 2 aromatic carbocycles. The van der Waals surface area contributed by atoms with Crippen LogP contribution in [0.15, 0.2) is 33.5 Å². The van der Waals surface area contributed by atoms with Gasteiger partial charge in [0.2, 0.25) is 5.43 Å². The molecule has 23 heavy (non-hydrogen) atoms. The van der Waals surface area contributed by atoms with Gasteiger partial charge in [-0.3, -0.25) is 9.59 Å². The number of hydrogen-bond acceptors (Lipinski definition) is 5. The van der Waals surface area contributed by atoms with Crippen molar-refractivity contribution < 1.29 is 15.0 Å². The first-order chi connectivity index (χ1) is 10.7. The van der Waals surface area contributed by atoms with Crippen LogP contribution in [0, 0.1) is 0 Å². The molecule has 1 aliphatic heterocycles. The van der Waals surface area contributed by atoms with Gasteiger partial charge in [0.15, 0.2) is 5.75 Å². The van der Waals surface area contributed by atoms with Gasteiger partial charge in [0.1, 0.15) is 0 Å². The fourth-order valence-corrected chi connectivity index (χ4v) is 3.09. The molecular formula is C17H15NO5. The minimum absolute atomic E-state index is 0.00353. The Bertz CT molecular complexity index is 945. The van der Waals surface area contributed by atoms with E-state index in [1.807, 2.05) is 18.7 Å². The highest BCUT2D eigenvalue weighted by molar-refractivity contribution is 5.90. The molecule has 0 aromatic heterocycles. The third-order valence-corrected chi connectivity index (χ3v) is 4.48. The van der Waals surface area contributed by atoms with Gasteiger partial charge >= 0.3 is 5.97 Å². The first-order valence-electron chi connectivity index (χ1n) is 7.02. The number of fused-ring (bicyclic) bond motifs is 1. The molecule has 0 saturated heterocycles. The summed E-state index contributed by atoms with van der Waals surface area (Å²) in [5.41, 5.74) is 0.370. The minimum atomic E-state index is -1.01. The van der Waals surface area contributed by atoms with Gasteiger partial charge in [0.25, 0.3) is 5.43 Å². The van der Waals surface area contributed by atoms with E-state index in [-0.39, 0.29) is 11.1 Å². The third kappa shape index (κ3) is 1.91. The van der Waals surface area contributed by atoms with Gasteiger partial charge in [-0.2, -0.15) is 0 Å². The van der Waals surface area contributed by atoms with E-state index >= 15 is 0 Å². The number of nitrogens with zero attached hydrogens (tertiary/aromatic N) is 1. The summed E-state index contributed by atoms with van der Waals surface area (Å²) in [6, 6.07) is 4.84. The zero-order valence-electron chi connectivity index (χ0n) is 12.9. The van der Waals surface area contributed by atoms with Gasteiger partial charge in [-0.15, -0.1) is 0 Å². The number of allylic oxidation sites excluding steroid dienone is 1. The first-order valence-corrected chi connectivity index (χ1v) is 7.02. The van der Waals surface area contributed by atoms with Crippen molar-refractivity contribution in [2.75, 3.05) is 11.9 Å². The number of anilines is 1. The van der Waals surface area contributed by atoms with Crippen LogP contribution in [0.1, 0.15) is 35.3 Å². The van der Waals surface area contributed by atoms with Crippen LogP contribution in [0.5, 0.6) is 5.75 Å². The van der Waals surface area contributed by atoms with Crippen molar-refractivity contribution in [1.29, 1.82) is 0 Å². The quantitative estimate of drug-likeness (QED) is 0.815. The fourth-order valence-electron chi connectivity index (χ4n) is 3.09. The van der Waals surface area contributed by atoms with Crippen LogP contribution in [0.4, 0.5) is 5.69 Å². The Morgan fingerprint density at radius 3 is 2.43 bits per heavy atom. The number of benzene rings is 1. The lowest BCUT2D eigenvalue weighted by Gasteiger charge is -2.24. The number of rotatable bonds is 2. The lowest BCUT2D eigenvalue weighted by molar-refractivity contribution is 0.0697. The fraction of sp³-hybridized carbons (Fsp3) is 0.235. The zero-order valence-corrected chi connectivity index (χ0v) is 12.9. The molecule has 3 rings (SSSR count). The second-order valence-electron chi connectivity index (χ2n) is 6.17. The summed E-state index contributed by atoms with van der Waals surface area (Å²) in [4.78, 5) is 35.8. The smallest absolute Gasteiger partial charge is 0.335 e. The maximum absolute atomic E-state index is 11.6. The van der Waals surface area contributed by atoms with Gasteiger partial charge in [-0.05, 0) is 29.8 Å². The maximum Gasteiger partial charge on any atom is 0.335 e. The normalized spacial score (nSPS) is 17.7. The molecule has 6 heteroatoms. The van der Waals surface area contributed by atoms with Crippen molar-refractivity contribution in [3.05, 3.63) is 61.0 Å². The molecule has 2 aromatic rings. The summed E-state index contributed by atoms with van der Waals surface area (Å²) in [6.45, 7) is 3.80. The molecule has 2 N–H and O–H groups in total. The molecule has 0 aliphatic carbocycles. The molecule has 0 saturated carbocycles. The highest BCUT2D eigenvalue weighted by atomic mass is 16.4. The van der Waals surface area contributed by atoms with E-state index in [4.69, 9.17) is 5.11 Å². The van der Waals surface area contributed by atoms with Crippen LogP contribution in [-0.4, -0.2) is 23.2 Å². The number of carboxylic acid groups (broad SMARTS) is 1. The van der Waals surface area contributed by atoms with Crippen LogP contribution in [0.2, 0.25) is 0 Å². The molecule has 0 radical (unpaired) electrons. The number of carbonyl (C=O) groups is 1. The Labute approximate surface area is 131 Å². The van der Waals surface area contributed by atoms with E-state index in [2.05, 4.69) is 0 Å². The minimum Gasteiger partial charge on any atom is -0.504 e. The molecule has 0 amide bonds. The Morgan fingerprint density at radius 2 is 1.87 bits per heavy atom. The highest BCUT2D eigenvalue weighted by Crippen LogP contribution is 2.47. The Morgan fingerprint density at radius 1 is 1.22 bits per heavy atom. The summed E-state index contributed by atoms with van der Waals surface area (Å²) in [6.07, 6.45) is 1.50. The highest BCUT2D eigenvalue weighted by Gasteiger charge is 2.39. The second-order valence-corrected chi connectivity index (χ2v) is 6.17. The van der Waals surface area contributed by atoms with E-state index in [0.717, 1.165) is 11.3 Å². The van der Waals surface area contributed by atoms with Crippen molar-refractivity contribution in [3.8, 4) is 5.75 Å². The average Bonchev–Trinajstić information content (AvgIpc) is 2.71. The second kappa shape index (κ2) is 4.55. The summed E-state index contributed by atoms with van der Waals surface area (Å²) in [5, 5.41) is 18.7. The largest absolute Gasteiger partial charge is 0.504 e. The number of aromatic hydroxyl groups is 1. The summed E-state index contributed by atoms with van der Waals surface area (Å²) >= 11 is 0. The molecule has 1 heterocycles. The Hall–Kier alpha value is -2.89. The lowest BCUT2D eigenvalue weighted by Crippen LogP contribution is -2.33. The van der Waals surface area contributed by atoms with Crippen LogP contribution >= 0.6 is 0 Å². The van der Waals surface area contributed by atoms with Crippen molar-refractivity contribution in [1.82, 2.24) is 0 Å².